The highest BCUT2D eigenvalue weighted by molar-refractivity contribution is 6.09. The van der Waals surface area contributed by atoms with Crippen LogP contribution >= 0.6 is 0 Å². The van der Waals surface area contributed by atoms with Gasteiger partial charge in [0.05, 0.1) is 22.4 Å². The Labute approximate surface area is 322 Å². The van der Waals surface area contributed by atoms with Crippen molar-refractivity contribution < 1.29 is 4.74 Å². The standard InChI is InChI=1S/C49H56N4O/c1-32(2)16-14-15-17-35-20-23-44-43(26-35)42-22-21-40(31-45(42)52(44)46-29-37(24-25-50-46)48(5,6)7)54-41-28-38(49(8,9)10)27-39(30-41)53-34(4)47(33(3)51-53)36-18-12-11-13-19-36/h11-13,18-32H,14-17H2,1-10H3. The minimum atomic E-state index is -0.0981. The van der Waals surface area contributed by atoms with Gasteiger partial charge in [-0.05, 0) is 114 Å². The Morgan fingerprint density at radius 1 is 0.685 bits per heavy atom. The average molecular weight is 717 g/mol. The monoisotopic (exact) mass is 716 g/mol. The van der Waals surface area contributed by atoms with E-state index in [-0.39, 0.29) is 10.8 Å². The van der Waals surface area contributed by atoms with Crippen LogP contribution in [0.2, 0.25) is 0 Å². The predicted molar refractivity (Wildman–Crippen MR) is 227 cm³/mol. The van der Waals surface area contributed by atoms with Crippen LogP contribution in [-0.4, -0.2) is 19.3 Å². The molecule has 0 aliphatic heterocycles. The van der Waals surface area contributed by atoms with Gasteiger partial charge >= 0.3 is 0 Å². The maximum atomic E-state index is 6.84. The zero-order valence-electron chi connectivity index (χ0n) is 33.9. The predicted octanol–water partition coefficient (Wildman–Crippen LogP) is 13.4. The van der Waals surface area contributed by atoms with Crippen molar-refractivity contribution >= 4 is 21.8 Å². The molecule has 0 unspecified atom stereocenters. The SMILES string of the molecule is Cc1nn(-c2cc(Oc3ccc4c5cc(CCCCC(C)C)ccc5n(-c5cc(C(C)(C)C)ccn5)c4c3)cc(C(C)(C)C)c2)c(C)c1-c1ccccc1. The maximum Gasteiger partial charge on any atom is 0.137 e. The second-order valence-corrected chi connectivity index (χ2v) is 17.5. The molecule has 0 saturated carbocycles. The van der Waals surface area contributed by atoms with Gasteiger partial charge in [-0.15, -0.1) is 0 Å². The number of aromatic nitrogens is 4. The molecule has 0 radical (unpaired) electrons. The van der Waals surface area contributed by atoms with E-state index in [2.05, 4.69) is 176 Å². The van der Waals surface area contributed by atoms with Gasteiger partial charge in [-0.25, -0.2) is 9.67 Å². The highest BCUT2D eigenvalue weighted by Gasteiger charge is 2.22. The smallest absolute Gasteiger partial charge is 0.137 e. The van der Waals surface area contributed by atoms with Crippen molar-refractivity contribution in [1.82, 2.24) is 19.3 Å². The van der Waals surface area contributed by atoms with Crippen molar-refractivity contribution in [3.8, 4) is 34.1 Å². The fourth-order valence-electron chi connectivity index (χ4n) is 7.65. The van der Waals surface area contributed by atoms with Gasteiger partial charge in [-0.3, -0.25) is 4.57 Å². The highest BCUT2D eigenvalue weighted by atomic mass is 16.5. The average Bonchev–Trinajstić information content (AvgIpc) is 3.61. The molecule has 0 saturated heterocycles. The minimum absolute atomic E-state index is 0.00299. The topological polar surface area (TPSA) is 44.9 Å². The first-order valence-corrected chi connectivity index (χ1v) is 19.7. The van der Waals surface area contributed by atoms with E-state index >= 15 is 0 Å². The quantitative estimate of drug-likeness (QED) is 0.132. The van der Waals surface area contributed by atoms with Crippen LogP contribution in [-0.2, 0) is 17.3 Å². The van der Waals surface area contributed by atoms with Crippen molar-refractivity contribution in [1.29, 1.82) is 0 Å². The third-order valence-corrected chi connectivity index (χ3v) is 10.7. The minimum Gasteiger partial charge on any atom is -0.457 e. The highest BCUT2D eigenvalue weighted by Crippen LogP contribution is 2.38. The molecule has 0 aliphatic rings. The lowest BCUT2D eigenvalue weighted by Gasteiger charge is -2.22. The van der Waals surface area contributed by atoms with Crippen LogP contribution in [0, 0.1) is 19.8 Å². The molecule has 5 heteroatoms. The van der Waals surface area contributed by atoms with Gasteiger partial charge in [0.25, 0.3) is 0 Å². The second kappa shape index (κ2) is 14.6. The van der Waals surface area contributed by atoms with Crippen molar-refractivity contribution in [2.24, 2.45) is 5.92 Å². The van der Waals surface area contributed by atoms with Crippen LogP contribution in [0.3, 0.4) is 0 Å². The number of fused-ring (bicyclic) bond motifs is 3. The van der Waals surface area contributed by atoms with Crippen LogP contribution < -0.4 is 4.74 Å². The zero-order chi connectivity index (χ0) is 38.4. The molecule has 7 aromatic rings. The molecule has 54 heavy (non-hydrogen) atoms. The van der Waals surface area contributed by atoms with Gasteiger partial charge in [0, 0.05) is 40.4 Å². The summed E-state index contributed by atoms with van der Waals surface area (Å²) in [4.78, 5) is 4.94. The summed E-state index contributed by atoms with van der Waals surface area (Å²) in [5, 5.41) is 7.50. The molecular formula is C49H56N4O. The first-order valence-electron chi connectivity index (χ1n) is 19.7. The molecule has 3 heterocycles. The first-order chi connectivity index (χ1) is 25.7. The number of benzene rings is 4. The Morgan fingerprint density at radius 2 is 1.44 bits per heavy atom. The van der Waals surface area contributed by atoms with E-state index in [0.29, 0.717) is 0 Å². The number of hydrogen-bond donors (Lipinski definition) is 0. The van der Waals surface area contributed by atoms with Gasteiger partial charge in [0.15, 0.2) is 0 Å². The summed E-state index contributed by atoms with van der Waals surface area (Å²) >= 11 is 0. The zero-order valence-corrected chi connectivity index (χ0v) is 33.9. The van der Waals surface area contributed by atoms with Gasteiger partial charge in [-0.2, -0.15) is 5.10 Å². The van der Waals surface area contributed by atoms with Crippen LogP contribution in [0.5, 0.6) is 11.5 Å². The van der Waals surface area contributed by atoms with Crippen LogP contribution in [0.1, 0.15) is 103 Å². The molecule has 278 valence electrons. The number of ether oxygens (including phenoxy) is 1. The summed E-state index contributed by atoms with van der Waals surface area (Å²) in [5.74, 6) is 3.22. The van der Waals surface area contributed by atoms with Crippen molar-refractivity contribution in [3.63, 3.8) is 0 Å². The molecule has 0 aliphatic carbocycles. The Kier molecular flexibility index (Phi) is 10.0. The van der Waals surface area contributed by atoms with Crippen molar-refractivity contribution in [2.45, 2.75) is 106 Å². The van der Waals surface area contributed by atoms with E-state index < -0.39 is 0 Å². The second-order valence-electron chi connectivity index (χ2n) is 17.5. The molecule has 0 N–H and O–H groups in total. The molecule has 7 rings (SSSR count). The summed E-state index contributed by atoms with van der Waals surface area (Å²) in [5.41, 5.74) is 11.4. The fraction of sp³-hybridized carbons (Fsp3) is 0.347. The number of pyridine rings is 1. The van der Waals surface area contributed by atoms with E-state index in [1.165, 1.54) is 57.9 Å². The number of aryl methyl sites for hydroxylation is 2. The van der Waals surface area contributed by atoms with E-state index in [1.807, 2.05) is 6.20 Å². The summed E-state index contributed by atoms with van der Waals surface area (Å²) in [7, 11) is 0. The molecular weight excluding hydrogens is 661 g/mol. The third-order valence-electron chi connectivity index (χ3n) is 10.7. The summed E-state index contributed by atoms with van der Waals surface area (Å²) in [6.07, 6.45) is 6.77. The number of hydrogen-bond acceptors (Lipinski definition) is 3. The van der Waals surface area contributed by atoms with E-state index in [0.717, 1.165) is 57.8 Å². The van der Waals surface area contributed by atoms with Gasteiger partial charge < -0.3 is 4.74 Å². The summed E-state index contributed by atoms with van der Waals surface area (Å²) in [6.45, 7) is 22.4. The summed E-state index contributed by atoms with van der Waals surface area (Å²) in [6, 6.07) is 34.9. The lowest BCUT2D eigenvalue weighted by atomic mass is 9.86. The van der Waals surface area contributed by atoms with Gasteiger partial charge in [-0.1, -0.05) is 105 Å². The Hall–Kier alpha value is -5.16. The lowest BCUT2D eigenvalue weighted by molar-refractivity contribution is 0.478. The normalized spacial score (nSPS) is 12.4. The number of rotatable bonds is 10. The molecule has 0 amide bonds. The number of unbranched alkanes of at least 4 members (excludes halogenated alkanes) is 1. The lowest BCUT2D eigenvalue weighted by Crippen LogP contribution is -2.12. The molecule has 0 atom stereocenters. The Balaban J connectivity index is 1.33. The maximum absolute atomic E-state index is 6.84. The van der Waals surface area contributed by atoms with E-state index in [4.69, 9.17) is 14.8 Å². The molecule has 4 aromatic carbocycles. The largest absolute Gasteiger partial charge is 0.457 e. The Morgan fingerprint density at radius 3 is 2.17 bits per heavy atom. The van der Waals surface area contributed by atoms with E-state index in [1.54, 1.807) is 0 Å². The molecule has 0 bridgehead atoms. The van der Waals surface area contributed by atoms with Crippen molar-refractivity contribution in [3.05, 3.63) is 131 Å². The van der Waals surface area contributed by atoms with Gasteiger partial charge in [0.1, 0.15) is 17.3 Å². The first kappa shape index (κ1) is 37.2. The third kappa shape index (κ3) is 7.59. The van der Waals surface area contributed by atoms with Gasteiger partial charge in [0.2, 0.25) is 0 Å². The number of nitrogens with zero attached hydrogens (tertiary/aromatic N) is 4. The summed E-state index contributed by atoms with van der Waals surface area (Å²) < 4.78 is 11.2. The van der Waals surface area contributed by atoms with Crippen LogP contribution in [0.15, 0.2) is 103 Å². The molecule has 0 spiro atoms. The van der Waals surface area contributed by atoms with Crippen LogP contribution in [0.4, 0.5) is 0 Å². The van der Waals surface area contributed by atoms with E-state index in [9.17, 15) is 0 Å². The molecule has 3 aromatic heterocycles. The molecule has 5 nitrogen and oxygen atoms in total. The Bertz CT molecular complexity index is 2430. The van der Waals surface area contributed by atoms with Crippen molar-refractivity contribution in [2.75, 3.05) is 0 Å². The van der Waals surface area contributed by atoms with Crippen LogP contribution in [0.25, 0.3) is 44.4 Å². The molecule has 0 fully saturated rings. The fourth-order valence-corrected chi connectivity index (χ4v) is 7.65.